The smallest absolute Gasteiger partial charge is 0.545 e. The van der Waals surface area contributed by atoms with Crippen molar-refractivity contribution in [1.29, 1.82) is 0 Å². The van der Waals surface area contributed by atoms with E-state index < -0.39 is 11.9 Å². The topological polar surface area (TPSA) is 138 Å². The molecule has 0 aliphatic rings. The molecule has 0 spiro atoms. The van der Waals surface area contributed by atoms with E-state index in [9.17, 15) is 19.8 Å². The van der Waals surface area contributed by atoms with Gasteiger partial charge in [0.25, 0.3) is 0 Å². The molecule has 2 heterocycles. The quantitative estimate of drug-likeness (QED) is 0.460. The van der Waals surface area contributed by atoms with Crippen molar-refractivity contribution in [3.05, 3.63) is 60.2 Å². The van der Waals surface area contributed by atoms with Crippen LogP contribution in [0.3, 0.4) is 0 Å². The van der Waals surface area contributed by atoms with E-state index in [1.807, 2.05) is 0 Å². The molecule has 8 nitrogen and oxygen atoms in total. The molecule has 25 heavy (non-hydrogen) atoms. The monoisotopic (exact) mass is 362 g/mol. The van der Waals surface area contributed by atoms with Crippen LogP contribution in [0.25, 0.3) is 22.1 Å². The number of carboxylic acid groups (broad SMARTS) is 2. The van der Waals surface area contributed by atoms with Gasteiger partial charge in [-0.15, -0.1) is 0 Å². The normalized spacial score (nSPS) is 9.92. The van der Waals surface area contributed by atoms with E-state index in [1.165, 1.54) is 24.8 Å². The number of aromatic carboxylic acids is 2. The van der Waals surface area contributed by atoms with Crippen LogP contribution in [0.4, 0.5) is 0 Å². The Hall–Kier alpha value is -2.42. The number of fused-ring (bicyclic) bond motifs is 2. The number of carbonyl (C=O) groups excluding carboxylic acids is 2. The van der Waals surface area contributed by atoms with Crippen molar-refractivity contribution in [2.24, 2.45) is 0 Å². The van der Waals surface area contributed by atoms with Gasteiger partial charge >= 0.3 is 37.7 Å². The summed E-state index contributed by atoms with van der Waals surface area (Å²) in [5.41, 5.74) is 2.53. The second-order valence-corrected chi connectivity index (χ2v) is 4.78. The molecule has 2 aromatic heterocycles. The van der Waals surface area contributed by atoms with Gasteiger partial charge in [0.2, 0.25) is 0 Å². The minimum absolute atomic E-state index is 0. The fraction of sp³-hybridized carbons (Fsp3) is 0. The van der Waals surface area contributed by atoms with Crippen LogP contribution in [-0.2, 0) is 0 Å². The first-order valence-electron chi connectivity index (χ1n) is 6.85. The van der Waals surface area contributed by atoms with E-state index in [0.717, 1.165) is 0 Å². The van der Waals surface area contributed by atoms with Gasteiger partial charge in [-0.1, -0.05) is 24.3 Å². The molecule has 0 fully saturated rings. The van der Waals surface area contributed by atoms with Gasteiger partial charge in [0.15, 0.2) is 0 Å². The maximum absolute atomic E-state index is 10.5. The number of nitrogens with zero attached hydrogens (tertiary/aromatic N) is 2. The van der Waals surface area contributed by atoms with Gasteiger partial charge in [0, 0.05) is 11.1 Å². The van der Waals surface area contributed by atoms with Crippen LogP contribution in [0.2, 0.25) is 0 Å². The van der Waals surface area contributed by atoms with Crippen LogP contribution in [-0.4, -0.2) is 69.6 Å². The minimum Gasteiger partial charge on any atom is -0.545 e. The molecule has 9 heteroatoms. The first-order valence-corrected chi connectivity index (χ1v) is 6.85. The molecule has 0 unspecified atom stereocenters. The Bertz CT molecular complexity index is 957. The Morgan fingerprint density at radius 3 is 1.52 bits per heavy atom. The molecule has 0 bridgehead atoms. The first-order chi connectivity index (χ1) is 11.6. The van der Waals surface area contributed by atoms with Crippen molar-refractivity contribution in [1.82, 2.24) is 19.9 Å². The van der Waals surface area contributed by atoms with Crippen LogP contribution in [0.1, 0.15) is 20.7 Å². The number of aromatic nitrogens is 4. The molecule has 120 valence electrons. The number of H-pyrrole nitrogens is 2. The van der Waals surface area contributed by atoms with Gasteiger partial charge < -0.3 is 29.8 Å². The van der Waals surface area contributed by atoms with Gasteiger partial charge in [-0.05, 0) is 12.1 Å². The zero-order valence-corrected chi connectivity index (χ0v) is 15.1. The molecule has 0 amide bonds. The summed E-state index contributed by atoms with van der Waals surface area (Å²) >= 11 is 0. The van der Waals surface area contributed by atoms with Crippen molar-refractivity contribution in [2.45, 2.75) is 0 Å². The molecule has 0 saturated heterocycles. The summed E-state index contributed by atoms with van der Waals surface area (Å²) in [4.78, 5) is 34.4. The minimum atomic E-state index is -1.20. The fourth-order valence-electron chi connectivity index (χ4n) is 2.26. The third kappa shape index (κ3) is 3.98. The third-order valence-electron chi connectivity index (χ3n) is 3.34. The predicted octanol–water partition coefficient (Wildman–Crippen LogP) is -0.528. The summed E-state index contributed by atoms with van der Waals surface area (Å²) in [6, 6.07) is 9.75. The number of carboxylic acids is 2. The number of rotatable bonds is 2. The van der Waals surface area contributed by atoms with E-state index in [2.05, 4.69) is 19.9 Å². The molecule has 0 saturated carbocycles. The van der Waals surface area contributed by atoms with Crippen LogP contribution in [0.5, 0.6) is 0 Å². The van der Waals surface area contributed by atoms with E-state index in [-0.39, 0.29) is 48.9 Å². The zero-order valence-electron chi connectivity index (χ0n) is 12.9. The molecule has 4 aromatic rings. The Morgan fingerprint density at radius 2 is 1.16 bits per heavy atom. The SMILES string of the molecule is O=C([O-])c1cccc2[nH]cnc12.O=C([O-])c1cccc2[nH]cnc12.[Ca+2]. The van der Waals surface area contributed by atoms with Gasteiger partial charge in [0.05, 0.1) is 46.7 Å². The van der Waals surface area contributed by atoms with Gasteiger partial charge in [0.1, 0.15) is 0 Å². The van der Waals surface area contributed by atoms with Crippen LogP contribution >= 0.6 is 0 Å². The number of para-hydroxylation sites is 2. The third-order valence-corrected chi connectivity index (χ3v) is 3.34. The first kappa shape index (κ1) is 18.9. The summed E-state index contributed by atoms with van der Waals surface area (Å²) in [7, 11) is 0. The molecule has 0 aliphatic carbocycles. The molecule has 0 radical (unpaired) electrons. The van der Waals surface area contributed by atoms with E-state index in [1.54, 1.807) is 24.3 Å². The number of nitrogens with one attached hydrogen (secondary N) is 2. The van der Waals surface area contributed by atoms with Crippen molar-refractivity contribution >= 4 is 71.7 Å². The number of benzene rings is 2. The summed E-state index contributed by atoms with van der Waals surface area (Å²) in [5.74, 6) is -2.40. The molecule has 2 N–H and O–H groups in total. The van der Waals surface area contributed by atoms with Gasteiger partial charge in [-0.25, -0.2) is 9.97 Å². The standard InChI is InChI=1S/2C8H6N2O2.Ca/c2*11-8(12)5-2-1-3-6-7(5)10-4-9-6;/h2*1-4H,(H,9,10)(H,11,12);/q;;+2/p-2. The van der Waals surface area contributed by atoms with Gasteiger partial charge in [-0.2, -0.15) is 0 Å². The van der Waals surface area contributed by atoms with E-state index in [0.29, 0.717) is 22.1 Å². The Kier molecular flexibility index (Phi) is 6.13. The van der Waals surface area contributed by atoms with Crippen LogP contribution in [0, 0.1) is 0 Å². The number of aromatic amines is 2. The Balaban J connectivity index is 0.000000173. The fourth-order valence-corrected chi connectivity index (χ4v) is 2.26. The Morgan fingerprint density at radius 1 is 0.760 bits per heavy atom. The predicted molar refractivity (Wildman–Crippen MR) is 86.6 cm³/mol. The largest absolute Gasteiger partial charge is 2.00 e. The zero-order chi connectivity index (χ0) is 17.1. The van der Waals surface area contributed by atoms with Crippen molar-refractivity contribution in [2.75, 3.05) is 0 Å². The number of imidazole rings is 2. The molecule has 2 aromatic carbocycles. The Labute approximate surface area is 170 Å². The van der Waals surface area contributed by atoms with Crippen molar-refractivity contribution < 1.29 is 19.8 Å². The summed E-state index contributed by atoms with van der Waals surface area (Å²) in [6.45, 7) is 0. The molecular weight excluding hydrogens is 352 g/mol. The average molecular weight is 362 g/mol. The summed E-state index contributed by atoms with van der Waals surface area (Å²) in [5, 5.41) is 21.1. The number of hydrogen-bond acceptors (Lipinski definition) is 6. The maximum atomic E-state index is 10.5. The second-order valence-electron chi connectivity index (χ2n) is 4.78. The molecular formula is C16H10CaN4O4. The van der Waals surface area contributed by atoms with Crippen LogP contribution < -0.4 is 10.2 Å². The van der Waals surface area contributed by atoms with Crippen molar-refractivity contribution in [3.63, 3.8) is 0 Å². The molecule has 4 rings (SSSR count). The van der Waals surface area contributed by atoms with Gasteiger partial charge in [-0.3, -0.25) is 0 Å². The maximum Gasteiger partial charge on any atom is 2.00 e. The molecule has 0 atom stereocenters. The number of hydrogen-bond donors (Lipinski definition) is 2. The van der Waals surface area contributed by atoms with E-state index in [4.69, 9.17) is 0 Å². The molecule has 0 aliphatic heterocycles. The second kappa shape index (κ2) is 8.11. The summed E-state index contributed by atoms with van der Waals surface area (Å²) < 4.78 is 0. The number of carbonyl (C=O) groups is 2. The van der Waals surface area contributed by atoms with Crippen LogP contribution in [0.15, 0.2) is 49.1 Å². The summed E-state index contributed by atoms with van der Waals surface area (Å²) in [6.07, 6.45) is 2.91. The van der Waals surface area contributed by atoms with Crippen molar-refractivity contribution in [3.8, 4) is 0 Å². The average Bonchev–Trinajstić information content (AvgIpc) is 3.23. The van der Waals surface area contributed by atoms with E-state index >= 15 is 0 Å².